The summed E-state index contributed by atoms with van der Waals surface area (Å²) in [5.74, 6) is 0.454. The number of likely N-dealkylation sites (tertiary alicyclic amines) is 1. The molecule has 1 fully saturated rings. The zero-order valence-corrected chi connectivity index (χ0v) is 17.0. The lowest BCUT2D eigenvalue weighted by atomic mass is 10.1. The van der Waals surface area contributed by atoms with Crippen LogP contribution in [0.15, 0.2) is 23.0 Å². The highest BCUT2D eigenvalue weighted by atomic mass is 35.5. The van der Waals surface area contributed by atoms with Crippen molar-refractivity contribution in [2.45, 2.75) is 58.9 Å². The van der Waals surface area contributed by atoms with Crippen LogP contribution in [0.2, 0.25) is 5.02 Å². The molecule has 0 N–H and O–H groups in total. The monoisotopic (exact) mass is 389 g/mol. The molecule has 0 saturated carbocycles. The second-order valence-corrected chi connectivity index (χ2v) is 8.23. The maximum atomic E-state index is 13.0. The van der Waals surface area contributed by atoms with Gasteiger partial charge in [0.05, 0.1) is 11.0 Å². The van der Waals surface area contributed by atoms with Gasteiger partial charge in [0.25, 0.3) is 5.56 Å². The number of fused-ring (bicyclic) bond motifs is 1. The van der Waals surface area contributed by atoms with Crippen LogP contribution < -0.4 is 5.56 Å². The lowest BCUT2D eigenvalue weighted by Gasteiger charge is -2.20. The van der Waals surface area contributed by atoms with Crippen molar-refractivity contribution < 1.29 is 4.79 Å². The van der Waals surface area contributed by atoms with E-state index in [0.29, 0.717) is 41.5 Å². The molecule has 0 atom stereocenters. The van der Waals surface area contributed by atoms with Crippen LogP contribution in [0.5, 0.6) is 0 Å². The van der Waals surface area contributed by atoms with E-state index < -0.39 is 0 Å². The average Bonchev–Trinajstić information content (AvgIpc) is 2.91. The Morgan fingerprint density at radius 1 is 1.19 bits per heavy atom. The molecule has 3 rings (SSSR count). The van der Waals surface area contributed by atoms with Gasteiger partial charge in [-0.05, 0) is 37.0 Å². The lowest BCUT2D eigenvalue weighted by molar-refractivity contribution is -0.131. The van der Waals surface area contributed by atoms with Gasteiger partial charge in [-0.25, -0.2) is 4.98 Å². The number of hydrogen-bond acceptors (Lipinski definition) is 3. The number of amides is 1. The van der Waals surface area contributed by atoms with Gasteiger partial charge in [-0.3, -0.25) is 9.59 Å². The Balaban J connectivity index is 1.86. The summed E-state index contributed by atoms with van der Waals surface area (Å²) >= 11 is 6.13. The lowest BCUT2D eigenvalue weighted by Crippen LogP contribution is -2.33. The van der Waals surface area contributed by atoms with Crippen LogP contribution in [0.1, 0.15) is 51.6 Å². The van der Waals surface area contributed by atoms with Crippen molar-refractivity contribution in [1.29, 1.82) is 0 Å². The standard InChI is InChI=1S/C21H28ClN3O2/c1-15(2)14-25-19-9-7-16(22)13-18(19)23-17(21(25)27)8-10-20(26)24-11-5-3-4-6-12-24/h7,9,13,15H,3-6,8,10-12,14H2,1-2H3. The van der Waals surface area contributed by atoms with Crippen LogP contribution in [0.25, 0.3) is 11.0 Å². The molecule has 2 heterocycles. The second kappa shape index (κ2) is 8.87. The minimum Gasteiger partial charge on any atom is -0.343 e. The Morgan fingerprint density at radius 3 is 2.56 bits per heavy atom. The molecular formula is C21H28ClN3O2. The number of carbonyl (C=O) groups is 1. The van der Waals surface area contributed by atoms with Crippen molar-refractivity contribution in [1.82, 2.24) is 14.5 Å². The number of carbonyl (C=O) groups excluding carboxylic acids is 1. The Labute approximate surface area is 165 Å². The van der Waals surface area contributed by atoms with Crippen LogP contribution in [0.4, 0.5) is 0 Å². The summed E-state index contributed by atoms with van der Waals surface area (Å²) in [6.45, 7) is 6.44. The second-order valence-electron chi connectivity index (χ2n) is 7.80. The fourth-order valence-corrected chi connectivity index (χ4v) is 3.85. The fraction of sp³-hybridized carbons (Fsp3) is 0.571. The Morgan fingerprint density at radius 2 is 1.89 bits per heavy atom. The van der Waals surface area contributed by atoms with Crippen LogP contribution in [-0.4, -0.2) is 33.4 Å². The third-order valence-electron chi connectivity index (χ3n) is 5.06. The fourth-order valence-electron chi connectivity index (χ4n) is 3.69. The van der Waals surface area contributed by atoms with Crippen LogP contribution in [0.3, 0.4) is 0 Å². The van der Waals surface area contributed by atoms with E-state index in [4.69, 9.17) is 11.6 Å². The van der Waals surface area contributed by atoms with E-state index in [2.05, 4.69) is 18.8 Å². The molecule has 1 aromatic carbocycles. The zero-order valence-electron chi connectivity index (χ0n) is 16.2. The maximum absolute atomic E-state index is 13.0. The summed E-state index contributed by atoms with van der Waals surface area (Å²) < 4.78 is 1.77. The minimum atomic E-state index is -0.0952. The van der Waals surface area contributed by atoms with Crippen molar-refractivity contribution in [3.8, 4) is 0 Å². The summed E-state index contributed by atoms with van der Waals surface area (Å²) in [5, 5.41) is 0.594. The van der Waals surface area contributed by atoms with Gasteiger partial charge in [-0.2, -0.15) is 0 Å². The van der Waals surface area contributed by atoms with E-state index in [1.807, 2.05) is 11.0 Å². The molecule has 146 valence electrons. The molecule has 1 aliphatic heterocycles. The summed E-state index contributed by atoms with van der Waals surface area (Å²) in [6, 6.07) is 5.41. The molecule has 0 aliphatic carbocycles. The summed E-state index contributed by atoms with van der Waals surface area (Å²) in [7, 11) is 0. The summed E-state index contributed by atoms with van der Waals surface area (Å²) in [6.07, 6.45) is 5.22. The smallest absolute Gasteiger partial charge is 0.272 e. The first-order valence-corrected chi connectivity index (χ1v) is 10.3. The maximum Gasteiger partial charge on any atom is 0.272 e. The molecule has 2 aromatic rings. The summed E-state index contributed by atoms with van der Waals surface area (Å²) in [4.78, 5) is 32.1. The first-order valence-electron chi connectivity index (χ1n) is 9.92. The molecule has 1 aromatic heterocycles. The van der Waals surface area contributed by atoms with Crippen LogP contribution >= 0.6 is 11.6 Å². The molecule has 0 spiro atoms. The van der Waals surface area contributed by atoms with Gasteiger partial charge in [-0.1, -0.05) is 38.3 Å². The predicted octanol–water partition coefficient (Wildman–Crippen LogP) is 4.04. The predicted molar refractivity (Wildman–Crippen MR) is 109 cm³/mol. The van der Waals surface area contributed by atoms with Crippen molar-refractivity contribution in [3.05, 3.63) is 39.3 Å². The Hall–Kier alpha value is -1.88. The van der Waals surface area contributed by atoms with E-state index in [0.717, 1.165) is 31.4 Å². The molecule has 27 heavy (non-hydrogen) atoms. The first-order chi connectivity index (χ1) is 13.0. The van der Waals surface area contributed by atoms with Crippen LogP contribution in [0, 0.1) is 5.92 Å². The quantitative estimate of drug-likeness (QED) is 0.775. The molecule has 5 nitrogen and oxygen atoms in total. The van der Waals surface area contributed by atoms with Gasteiger partial charge < -0.3 is 9.47 Å². The number of aromatic nitrogens is 2. The molecule has 6 heteroatoms. The van der Waals surface area contributed by atoms with Crippen molar-refractivity contribution in [2.75, 3.05) is 13.1 Å². The molecule has 1 aliphatic rings. The third kappa shape index (κ3) is 4.89. The Bertz CT molecular complexity index is 868. The number of aryl methyl sites for hydroxylation is 1. The van der Waals surface area contributed by atoms with E-state index in [-0.39, 0.29) is 11.5 Å². The molecular weight excluding hydrogens is 362 g/mol. The van der Waals surface area contributed by atoms with Gasteiger partial charge in [0.2, 0.25) is 5.91 Å². The largest absolute Gasteiger partial charge is 0.343 e. The van der Waals surface area contributed by atoms with Crippen LogP contribution in [-0.2, 0) is 17.8 Å². The third-order valence-corrected chi connectivity index (χ3v) is 5.29. The SMILES string of the molecule is CC(C)Cn1c(=O)c(CCC(=O)N2CCCCCC2)nc2cc(Cl)ccc21. The van der Waals surface area contributed by atoms with Gasteiger partial charge in [0.1, 0.15) is 5.69 Å². The molecule has 1 amide bonds. The van der Waals surface area contributed by atoms with Gasteiger partial charge in [0, 0.05) is 37.5 Å². The average molecular weight is 390 g/mol. The topological polar surface area (TPSA) is 55.2 Å². The molecule has 0 unspecified atom stereocenters. The number of benzene rings is 1. The van der Waals surface area contributed by atoms with Crippen molar-refractivity contribution in [3.63, 3.8) is 0 Å². The van der Waals surface area contributed by atoms with Gasteiger partial charge in [-0.15, -0.1) is 0 Å². The number of nitrogens with zero attached hydrogens (tertiary/aromatic N) is 3. The highest BCUT2D eigenvalue weighted by Gasteiger charge is 2.18. The minimum absolute atomic E-state index is 0.0952. The molecule has 1 saturated heterocycles. The first kappa shape index (κ1) is 19.9. The van der Waals surface area contributed by atoms with Crippen molar-refractivity contribution >= 4 is 28.5 Å². The highest BCUT2D eigenvalue weighted by molar-refractivity contribution is 6.31. The molecule has 0 bridgehead atoms. The number of halogens is 1. The van der Waals surface area contributed by atoms with E-state index >= 15 is 0 Å². The van der Waals surface area contributed by atoms with E-state index in [9.17, 15) is 9.59 Å². The van der Waals surface area contributed by atoms with E-state index in [1.54, 1.807) is 16.7 Å². The van der Waals surface area contributed by atoms with E-state index in [1.165, 1.54) is 12.8 Å². The number of rotatable bonds is 5. The zero-order chi connectivity index (χ0) is 19.4. The van der Waals surface area contributed by atoms with Gasteiger partial charge >= 0.3 is 0 Å². The normalized spacial score (nSPS) is 15.3. The summed E-state index contributed by atoms with van der Waals surface area (Å²) in [5.41, 5.74) is 1.86. The van der Waals surface area contributed by atoms with Crippen molar-refractivity contribution in [2.24, 2.45) is 5.92 Å². The molecule has 0 radical (unpaired) electrons. The Kier molecular flexibility index (Phi) is 6.53. The number of hydrogen-bond donors (Lipinski definition) is 0. The van der Waals surface area contributed by atoms with Gasteiger partial charge in [0.15, 0.2) is 0 Å². The highest BCUT2D eigenvalue weighted by Crippen LogP contribution is 2.18.